The number of rotatable bonds is 10. The van der Waals surface area contributed by atoms with Gasteiger partial charge in [-0.3, -0.25) is 9.52 Å². The van der Waals surface area contributed by atoms with Gasteiger partial charge in [0.2, 0.25) is 10.0 Å². The van der Waals surface area contributed by atoms with E-state index in [1.54, 1.807) is 49.2 Å². The first-order chi connectivity index (χ1) is 22.2. The highest BCUT2D eigenvalue weighted by molar-refractivity contribution is 7.92. The first-order valence-corrected chi connectivity index (χ1v) is 17.4. The second-order valence-corrected chi connectivity index (χ2v) is 15.1. The minimum atomic E-state index is -3.79. The van der Waals surface area contributed by atoms with Crippen LogP contribution >= 0.6 is 0 Å². The summed E-state index contributed by atoms with van der Waals surface area (Å²) in [4.78, 5) is 22.3. The van der Waals surface area contributed by atoms with Gasteiger partial charge in [-0.25, -0.2) is 26.9 Å². The largest absolute Gasteiger partial charge is 0.395 e. The number of aliphatic hydroxyl groups is 2. The van der Waals surface area contributed by atoms with E-state index >= 15 is 0 Å². The summed E-state index contributed by atoms with van der Waals surface area (Å²) in [6.07, 6.45) is 5.19. The van der Waals surface area contributed by atoms with E-state index in [0.717, 1.165) is 12.8 Å². The zero-order chi connectivity index (χ0) is 33.6. The molecule has 4 heterocycles. The monoisotopic (exact) mass is 674 g/mol. The predicted molar refractivity (Wildman–Crippen MR) is 173 cm³/mol. The molecule has 0 bridgehead atoms. The fourth-order valence-electron chi connectivity index (χ4n) is 6.11. The molecule has 16 heteroatoms. The van der Waals surface area contributed by atoms with Crippen LogP contribution in [0.3, 0.4) is 0 Å². The molecule has 2 saturated heterocycles. The third-order valence-corrected chi connectivity index (χ3v) is 10.5. The Morgan fingerprint density at radius 2 is 1.66 bits per heavy atom. The second kappa shape index (κ2) is 12.3. The lowest BCUT2D eigenvalue weighted by Gasteiger charge is -2.35. The van der Waals surface area contributed by atoms with Crippen LogP contribution in [0.25, 0.3) is 5.69 Å². The molecule has 4 N–H and O–H groups in total. The summed E-state index contributed by atoms with van der Waals surface area (Å²) in [5.41, 5.74) is 1.03. The van der Waals surface area contributed by atoms with Crippen LogP contribution in [-0.4, -0.2) is 89.0 Å². The minimum Gasteiger partial charge on any atom is -0.395 e. The summed E-state index contributed by atoms with van der Waals surface area (Å²) < 4.78 is 56.8. The average Bonchev–Trinajstić information content (AvgIpc) is 3.55. The van der Waals surface area contributed by atoms with Gasteiger partial charge < -0.3 is 25.3 Å². The smallest absolute Gasteiger partial charge is 0.258 e. The first-order valence-electron chi connectivity index (χ1n) is 15.8. The number of halogens is 2. The molecule has 2 aliphatic heterocycles. The average molecular weight is 675 g/mol. The number of piperidine rings is 2. The third kappa shape index (κ3) is 7.49. The maximum Gasteiger partial charge on any atom is 0.258 e. The molecule has 2 aromatic heterocycles. The van der Waals surface area contributed by atoms with Crippen molar-refractivity contribution in [3.05, 3.63) is 47.8 Å². The van der Waals surface area contributed by atoms with E-state index in [4.69, 9.17) is 5.11 Å². The highest BCUT2D eigenvalue weighted by atomic mass is 32.2. The van der Waals surface area contributed by atoms with Crippen LogP contribution in [0.15, 0.2) is 36.5 Å². The van der Waals surface area contributed by atoms with Crippen LogP contribution < -0.4 is 19.8 Å². The normalized spacial score (nSPS) is 19.1. The van der Waals surface area contributed by atoms with E-state index in [-0.39, 0.29) is 37.4 Å². The van der Waals surface area contributed by atoms with Gasteiger partial charge >= 0.3 is 0 Å². The number of anilines is 4. The van der Waals surface area contributed by atoms with Gasteiger partial charge in [0.25, 0.3) is 11.8 Å². The summed E-state index contributed by atoms with van der Waals surface area (Å²) in [6, 6.07) is 7.93. The number of carbonyl (C=O) groups excluding carboxylic acids is 1. The number of amides is 1. The molecule has 1 saturated carbocycles. The molecule has 3 fully saturated rings. The molecule has 0 radical (unpaired) electrons. The number of pyridine rings is 1. The Bertz CT molecular complexity index is 1740. The molecule has 1 aliphatic carbocycles. The van der Waals surface area contributed by atoms with Gasteiger partial charge in [0.15, 0.2) is 5.82 Å². The molecule has 0 unspecified atom stereocenters. The highest BCUT2D eigenvalue weighted by Gasteiger charge is 2.44. The fourth-order valence-corrected chi connectivity index (χ4v) is 6.94. The molecule has 3 aliphatic rings. The van der Waals surface area contributed by atoms with Crippen LogP contribution in [0.5, 0.6) is 0 Å². The van der Waals surface area contributed by atoms with E-state index in [0.29, 0.717) is 47.0 Å². The highest BCUT2D eigenvalue weighted by Crippen LogP contribution is 2.54. The molecule has 254 valence electrons. The number of alkyl halides is 2. The summed E-state index contributed by atoms with van der Waals surface area (Å²) >= 11 is 0. The molecular weight excluding hydrogens is 634 g/mol. The van der Waals surface area contributed by atoms with Crippen molar-refractivity contribution in [1.82, 2.24) is 20.0 Å². The van der Waals surface area contributed by atoms with Gasteiger partial charge in [-0.1, -0.05) is 5.21 Å². The first kappa shape index (κ1) is 33.0. The van der Waals surface area contributed by atoms with Crippen molar-refractivity contribution in [3.63, 3.8) is 0 Å². The molecule has 3 aromatic rings. The Balaban J connectivity index is 1.31. The number of nitrogens with zero attached hydrogens (tertiary/aromatic N) is 6. The van der Waals surface area contributed by atoms with Gasteiger partial charge in [0, 0.05) is 39.0 Å². The van der Waals surface area contributed by atoms with E-state index in [1.165, 1.54) is 23.6 Å². The summed E-state index contributed by atoms with van der Waals surface area (Å²) in [5, 5.41) is 30.6. The number of aliphatic hydroxyl groups excluding tert-OH is 1. The number of hydrogen-bond donors (Lipinski definition) is 4. The minimum absolute atomic E-state index is 0.0334. The molecule has 0 atom stereocenters. The SMILES string of the molecule is CC(C)(O)c1cn(-c2ccc(NC(=O)c3ccc(NS(=O)(=O)CCO)cc3N3CCC4(CC3)CC4)nc2N2CCC(F)(F)CC2)nn1. The van der Waals surface area contributed by atoms with Gasteiger partial charge in [-0.2, -0.15) is 0 Å². The second-order valence-electron chi connectivity index (χ2n) is 13.3. The van der Waals surface area contributed by atoms with Gasteiger partial charge in [-0.05, 0) is 75.3 Å². The molecule has 1 spiro atoms. The van der Waals surface area contributed by atoms with Crippen molar-refractivity contribution < 1.29 is 32.2 Å². The fraction of sp³-hybridized carbons (Fsp3) is 0.548. The maximum atomic E-state index is 14.1. The zero-order valence-corrected chi connectivity index (χ0v) is 27.2. The molecule has 1 amide bonds. The van der Waals surface area contributed by atoms with E-state index in [9.17, 15) is 27.1 Å². The van der Waals surface area contributed by atoms with Crippen LogP contribution in [0.2, 0.25) is 0 Å². The van der Waals surface area contributed by atoms with E-state index < -0.39 is 39.8 Å². The van der Waals surface area contributed by atoms with Gasteiger partial charge in [0.1, 0.15) is 22.8 Å². The quantitative estimate of drug-likeness (QED) is 0.250. The lowest BCUT2D eigenvalue weighted by Crippen LogP contribution is -2.40. The van der Waals surface area contributed by atoms with Crippen LogP contribution in [0.4, 0.5) is 31.8 Å². The van der Waals surface area contributed by atoms with Crippen molar-refractivity contribution in [1.29, 1.82) is 0 Å². The Hall–Kier alpha value is -3.89. The standard InChI is InChI=1S/C31H40F2N8O5S/c1-29(2,44)25-20-41(38-36-25)23-5-6-26(34-27(23)40-15-11-31(32,33)12-16-40)35-28(43)22-4-3-21(37-47(45,46)18-17-42)19-24(22)39-13-9-30(7-8-30)10-14-39/h3-6,19-20,37,42,44H,7-18H2,1-2H3,(H,34,35,43). The molecular formula is C31H40F2N8O5S. The van der Waals surface area contributed by atoms with Crippen molar-refractivity contribution in [2.24, 2.45) is 5.41 Å². The lowest BCUT2D eigenvalue weighted by molar-refractivity contribution is -0.0221. The number of sulfonamides is 1. The van der Waals surface area contributed by atoms with Crippen LogP contribution in [0.1, 0.15) is 68.4 Å². The van der Waals surface area contributed by atoms with Crippen LogP contribution in [0, 0.1) is 5.41 Å². The molecule has 6 rings (SSSR count). The summed E-state index contributed by atoms with van der Waals surface area (Å²) in [6.45, 7) is 4.12. The Morgan fingerprint density at radius 1 is 0.979 bits per heavy atom. The molecule has 1 aromatic carbocycles. The van der Waals surface area contributed by atoms with E-state index in [1.807, 2.05) is 0 Å². The summed E-state index contributed by atoms with van der Waals surface area (Å²) in [5.74, 6) is -3.21. The van der Waals surface area contributed by atoms with Crippen molar-refractivity contribution in [2.45, 2.75) is 63.9 Å². The Morgan fingerprint density at radius 3 is 2.28 bits per heavy atom. The lowest BCUT2D eigenvalue weighted by atomic mass is 9.93. The number of carbonyl (C=O) groups is 1. The summed E-state index contributed by atoms with van der Waals surface area (Å²) in [7, 11) is -3.79. The van der Waals surface area contributed by atoms with E-state index in [2.05, 4.69) is 30.2 Å². The number of hydrogen-bond acceptors (Lipinski definition) is 10. The van der Waals surface area contributed by atoms with Crippen molar-refractivity contribution in [3.8, 4) is 5.69 Å². The van der Waals surface area contributed by atoms with Gasteiger partial charge in [0.05, 0.1) is 35.5 Å². The van der Waals surface area contributed by atoms with Crippen molar-refractivity contribution >= 4 is 38.9 Å². The zero-order valence-electron chi connectivity index (χ0n) is 26.4. The molecule has 47 heavy (non-hydrogen) atoms. The number of aromatic nitrogens is 4. The van der Waals surface area contributed by atoms with Crippen molar-refractivity contribution in [2.75, 3.05) is 58.4 Å². The van der Waals surface area contributed by atoms with Gasteiger partial charge in [-0.15, -0.1) is 5.10 Å². The van der Waals surface area contributed by atoms with Crippen LogP contribution in [-0.2, 0) is 15.6 Å². The predicted octanol–water partition coefficient (Wildman–Crippen LogP) is 3.49. The Labute approximate surface area is 272 Å². The topological polar surface area (TPSA) is 166 Å². The molecule has 13 nitrogen and oxygen atoms in total. The number of nitrogens with one attached hydrogen (secondary N) is 2. The third-order valence-electron chi connectivity index (χ3n) is 9.26. The Kier molecular flexibility index (Phi) is 8.63. The number of benzene rings is 1. The maximum absolute atomic E-state index is 14.1.